The minimum Gasteiger partial charge on any atom is -0.357 e. The lowest BCUT2D eigenvalue weighted by molar-refractivity contribution is 0.368. The Balaban J connectivity index is 1.33. The molecule has 9 heteroatoms. The summed E-state index contributed by atoms with van der Waals surface area (Å²) in [5.41, 5.74) is 0.877. The Kier molecular flexibility index (Phi) is 6.99. The summed E-state index contributed by atoms with van der Waals surface area (Å²) in [6.07, 6.45) is 2.42. The smallest absolute Gasteiger partial charge is 0.228 e. The van der Waals surface area contributed by atoms with Crippen LogP contribution in [0, 0.1) is 0 Å². The molecule has 3 heterocycles. The average molecular weight is 440 g/mol. The number of nitrogens with one attached hydrogen (secondary N) is 1. The molecule has 3 aromatic rings. The molecule has 0 bridgehead atoms. The largest absolute Gasteiger partial charge is 0.357 e. The number of pyridine rings is 1. The van der Waals surface area contributed by atoms with E-state index >= 15 is 0 Å². The van der Waals surface area contributed by atoms with Gasteiger partial charge in [0.1, 0.15) is 5.82 Å². The molecule has 0 saturated carbocycles. The van der Waals surface area contributed by atoms with Gasteiger partial charge in [0, 0.05) is 55.9 Å². The molecule has 31 heavy (non-hydrogen) atoms. The molecule has 8 nitrogen and oxygen atoms in total. The zero-order valence-electron chi connectivity index (χ0n) is 17.5. The monoisotopic (exact) mass is 439 g/mol. The zero-order valence-corrected chi connectivity index (χ0v) is 18.3. The highest BCUT2D eigenvalue weighted by molar-refractivity contribution is 6.30. The van der Waals surface area contributed by atoms with E-state index in [1.165, 1.54) is 0 Å². The molecule has 0 atom stereocenters. The zero-order chi connectivity index (χ0) is 21.5. The van der Waals surface area contributed by atoms with E-state index in [2.05, 4.69) is 43.2 Å². The molecule has 1 aliphatic heterocycles. The van der Waals surface area contributed by atoms with Gasteiger partial charge in [-0.2, -0.15) is 4.98 Å². The topological polar surface area (TPSA) is 82.7 Å². The molecule has 0 unspecified atom stereocenters. The maximum atomic E-state index is 5.94. The van der Waals surface area contributed by atoms with Crippen LogP contribution < -0.4 is 10.2 Å². The van der Waals surface area contributed by atoms with E-state index in [1.54, 1.807) is 0 Å². The van der Waals surface area contributed by atoms with Crippen LogP contribution in [0.3, 0.4) is 0 Å². The number of piperazine rings is 1. The fraction of sp³-hybridized carbons (Fsp3) is 0.364. The van der Waals surface area contributed by atoms with Crippen LogP contribution in [0.4, 0.5) is 5.82 Å². The van der Waals surface area contributed by atoms with Gasteiger partial charge in [-0.1, -0.05) is 22.8 Å². The average Bonchev–Trinajstić information content (AvgIpc) is 3.29. The summed E-state index contributed by atoms with van der Waals surface area (Å²) < 4.78 is 5.39. The van der Waals surface area contributed by atoms with Gasteiger partial charge >= 0.3 is 0 Å². The van der Waals surface area contributed by atoms with E-state index in [0.29, 0.717) is 29.7 Å². The summed E-state index contributed by atoms with van der Waals surface area (Å²) in [6, 6.07) is 13.4. The van der Waals surface area contributed by atoms with Crippen molar-refractivity contribution in [2.45, 2.75) is 13.3 Å². The maximum Gasteiger partial charge on any atom is 0.228 e. The highest BCUT2D eigenvalue weighted by atomic mass is 35.5. The molecule has 0 amide bonds. The van der Waals surface area contributed by atoms with Crippen LogP contribution in [0.5, 0.6) is 0 Å². The highest BCUT2D eigenvalue weighted by Crippen LogP contribution is 2.19. The Bertz CT molecular complexity index is 983. The van der Waals surface area contributed by atoms with Gasteiger partial charge in [0.15, 0.2) is 5.96 Å². The number of aliphatic imine (C=N–C) groups is 1. The Morgan fingerprint density at radius 3 is 2.65 bits per heavy atom. The van der Waals surface area contributed by atoms with E-state index in [1.807, 2.05) is 42.6 Å². The standard InChI is InChI=1S/C22H26ClN7O/c1-2-24-22(30-15-13-29(14-16-30)19-5-3-4-11-25-19)26-12-10-20-27-21(28-31-20)17-6-8-18(23)9-7-17/h3-9,11H,2,10,12-16H2,1H3,(H,24,26). The first kappa shape index (κ1) is 21.1. The van der Waals surface area contributed by atoms with E-state index in [0.717, 1.165) is 50.1 Å². The third kappa shape index (κ3) is 5.52. The molecule has 0 aliphatic carbocycles. The number of rotatable bonds is 6. The summed E-state index contributed by atoms with van der Waals surface area (Å²) in [6.45, 7) is 7.08. The van der Waals surface area contributed by atoms with Crippen molar-refractivity contribution in [1.29, 1.82) is 0 Å². The van der Waals surface area contributed by atoms with E-state index in [-0.39, 0.29) is 0 Å². The van der Waals surface area contributed by atoms with Crippen LogP contribution in [0.1, 0.15) is 12.8 Å². The van der Waals surface area contributed by atoms with Crippen molar-refractivity contribution in [3.8, 4) is 11.4 Å². The second-order valence-electron chi connectivity index (χ2n) is 7.17. The van der Waals surface area contributed by atoms with Crippen LogP contribution in [-0.2, 0) is 6.42 Å². The number of nitrogens with zero attached hydrogens (tertiary/aromatic N) is 6. The fourth-order valence-corrected chi connectivity index (χ4v) is 3.57. The third-order valence-electron chi connectivity index (χ3n) is 5.05. The Morgan fingerprint density at radius 2 is 1.94 bits per heavy atom. The number of guanidine groups is 1. The van der Waals surface area contributed by atoms with E-state index in [4.69, 9.17) is 21.1 Å². The summed E-state index contributed by atoms with van der Waals surface area (Å²) in [5.74, 6) is 3.08. The molecule has 1 aromatic carbocycles. The number of halogens is 1. The Morgan fingerprint density at radius 1 is 1.13 bits per heavy atom. The first-order chi connectivity index (χ1) is 15.2. The van der Waals surface area contributed by atoms with Crippen molar-refractivity contribution < 1.29 is 4.52 Å². The minimum absolute atomic E-state index is 0.563. The Hall–Kier alpha value is -3.13. The first-order valence-electron chi connectivity index (χ1n) is 10.5. The lowest BCUT2D eigenvalue weighted by atomic mass is 10.2. The lowest BCUT2D eigenvalue weighted by Gasteiger charge is -2.37. The molecule has 4 rings (SSSR count). The normalized spacial score (nSPS) is 14.7. The van der Waals surface area contributed by atoms with Crippen molar-refractivity contribution in [3.05, 3.63) is 59.6 Å². The lowest BCUT2D eigenvalue weighted by Crippen LogP contribution is -2.52. The minimum atomic E-state index is 0.563. The van der Waals surface area contributed by atoms with Crippen molar-refractivity contribution in [3.63, 3.8) is 0 Å². The molecular weight excluding hydrogens is 414 g/mol. The number of hydrogen-bond donors (Lipinski definition) is 1. The number of aromatic nitrogens is 3. The second-order valence-corrected chi connectivity index (χ2v) is 7.60. The molecule has 0 spiro atoms. The quantitative estimate of drug-likeness (QED) is 0.466. The van der Waals surface area contributed by atoms with Gasteiger partial charge in [0.25, 0.3) is 0 Å². The van der Waals surface area contributed by atoms with Crippen molar-refractivity contribution in [2.75, 3.05) is 44.2 Å². The predicted molar refractivity (Wildman–Crippen MR) is 122 cm³/mol. The SMILES string of the molecule is CCNC(=NCCc1nc(-c2ccc(Cl)cc2)no1)N1CCN(c2ccccn2)CC1. The summed E-state index contributed by atoms with van der Waals surface area (Å²) >= 11 is 5.94. The van der Waals surface area contributed by atoms with Crippen LogP contribution in [0.2, 0.25) is 5.02 Å². The Labute approximate surface area is 186 Å². The van der Waals surface area contributed by atoms with Gasteiger partial charge in [-0.3, -0.25) is 4.99 Å². The van der Waals surface area contributed by atoms with E-state index < -0.39 is 0 Å². The highest BCUT2D eigenvalue weighted by Gasteiger charge is 2.20. The van der Waals surface area contributed by atoms with Gasteiger partial charge in [0.05, 0.1) is 6.54 Å². The van der Waals surface area contributed by atoms with Gasteiger partial charge in [-0.15, -0.1) is 0 Å². The van der Waals surface area contributed by atoms with Crippen LogP contribution >= 0.6 is 11.6 Å². The molecular formula is C22H26ClN7O. The van der Waals surface area contributed by atoms with Crippen LogP contribution in [-0.4, -0.2) is 65.3 Å². The second kappa shape index (κ2) is 10.3. The molecule has 0 radical (unpaired) electrons. The third-order valence-corrected chi connectivity index (χ3v) is 5.30. The summed E-state index contributed by atoms with van der Waals surface area (Å²) in [4.78, 5) is 18.3. The van der Waals surface area contributed by atoms with Crippen molar-refractivity contribution in [2.24, 2.45) is 4.99 Å². The molecule has 1 fully saturated rings. The molecule has 1 N–H and O–H groups in total. The maximum absolute atomic E-state index is 5.94. The number of hydrogen-bond acceptors (Lipinski definition) is 6. The van der Waals surface area contributed by atoms with Gasteiger partial charge in [-0.25, -0.2) is 4.98 Å². The van der Waals surface area contributed by atoms with Gasteiger partial charge < -0.3 is 19.6 Å². The molecule has 162 valence electrons. The van der Waals surface area contributed by atoms with Gasteiger partial charge in [-0.05, 0) is 43.3 Å². The summed E-state index contributed by atoms with van der Waals surface area (Å²) in [5, 5.41) is 8.13. The molecule has 1 saturated heterocycles. The summed E-state index contributed by atoms with van der Waals surface area (Å²) in [7, 11) is 0. The fourth-order valence-electron chi connectivity index (χ4n) is 3.44. The predicted octanol–water partition coefficient (Wildman–Crippen LogP) is 3.12. The van der Waals surface area contributed by atoms with Crippen molar-refractivity contribution in [1.82, 2.24) is 25.3 Å². The van der Waals surface area contributed by atoms with E-state index in [9.17, 15) is 0 Å². The molecule has 2 aromatic heterocycles. The number of benzene rings is 1. The van der Waals surface area contributed by atoms with Gasteiger partial charge in [0.2, 0.25) is 11.7 Å². The van der Waals surface area contributed by atoms with Crippen molar-refractivity contribution >= 4 is 23.4 Å². The van der Waals surface area contributed by atoms with Crippen LogP contribution in [0.15, 0.2) is 58.2 Å². The molecule has 1 aliphatic rings. The first-order valence-corrected chi connectivity index (χ1v) is 10.9. The number of anilines is 1. The van der Waals surface area contributed by atoms with Crippen LogP contribution in [0.25, 0.3) is 11.4 Å².